The van der Waals surface area contributed by atoms with Gasteiger partial charge in [-0.2, -0.15) is 0 Å². The van der Waals surface area contributed by atoms with E-state index in [9.17, 15) is 8.42 Å². The smallest absolute Gasteiger partial charge is 0.265 e. The highest BCUT2D eigenvalue weighted by Crippen LogP contribution is 2.49. The van der Waals surface area contributed by atoms with Gasteiger partial charge in [0.05, 0.1) is 4.90 Å². The zero-order valence-corrected chi connectivity index (χ0v) is 12.5. The van der Waals surface area contributed by atoms with E-state index in [1.807, 2.05) is 42.8 Å². The van der Waals surface area contributed by atoms with E-state index in [4.69, 9.17) is 0 Å². The summed E-state index contributed by atoms with van der Waals surface area (Å²) in [5.74, 6) is 0. The minimum atomic E-state index is -3.60. The summed E-state index contributed by atoms with van der Waals surface area (Å²) in [5.41, 5.74) is 0. The van der Waals surface area contributed by atoms with E-state index in [1.165, 1.54) is 0 Å². The molecule has 1 N–H and O–H groups in total. The molecule has 0 saturated heterocycles. The molecule has 0 fully saturated rings. The lowest BCUT2D eigenvalue weighted by Gasteiger charge is -2.25. The van der Waals surface area contributed by atoms with Gasteiger partial charge in [-0.1, -0.05) is 36.4 Å². The minimum absolute atomic E-state index is 0.242. The van der Waals surface area contributed by atoms with Crippen molar-refractivity contribution in [2.75, 3.05) is 12.5 Å². The van der Waals surface area contributed by atoms with Gasteiger partial charge in [0.25, 0.3) is 0 Å². The van der Waals surface area contributed by atoms with E-state index < -0.39 is 20.4 Å². The first kappa shape index (κ1) is 14.1. The van der Waals surface area contributed by atoms with Gasteiger partial charge < -0.3 is 0 Å². The zero-order valence-electron chi connectivity index (χ0n) is 10.9. The molecule has 0 aliphatic carbocycles. The van der Waals surface area contributed by atoms with Crippen molar-refractivity contribution in [3.8, 4) is 0 Å². The third-order valence-electron chi connectivity index (χ3n) is 2.65. The SMILES string of the molecule is CS(C)([OH+]S(=O)(=O)c1ccccc1)c1ccccc1. The first-order chi connectivity index (χ1) is 8.92. The first-order valence-electron chi connectivity index (χ1n) is 5.74. The normalized spacial score (nSPS) is 13.2. The molecule has 0 radical (unpaired) electrons. The molecule has 19 heavy (non-hydrogen) atoms. The molecule has 3 nitrogen and oxygen atoms in total. The largest absolute Gasteiger partial charge is 0.421 e. The molecule has 0 atom stereocenters. The Morgan fingerprint density at radius 1 is 0.737 bits per heavy atom. The Hall–Kier alpha value is -1.30. The van der Waals surface area contributed by atoms with E-state index in [0.29, 0.717) is 0 Å². The number of hydrogen-bond donors (Lipinski definition) is 0. The van der Waals surface area contributed by atoms with Crippen LogP contribution in [0.4, 0.5) is 0 Å². The quantitative estimate of drug-likeness (QED) is 0.640. The molecule has 102 valence electrons. The molecule has 5 heteroatoms. The van der Waals surface area contributed by atoms with Crippen LogP contribution in [0.1, 0.15) is 0 Å². The molecule has 0 aromatic heterocycles. The number of hydrogen-bond acceptors (Lipinski definition) is 2. The fraction of sp³-hybridized carbons (Fsp3) is 0.143. The molecule has 0 saturated carbocycles. The lowest BCUT2D eigenvalue weighted by molar-refractivity contribution is 0.392. The van der Waals surface area contributed by atoms with Crippen molar-refractivity contribution in [3.05, 3.63) is 60.7 Å². The second-order valence-electron chi connectivity index (χ2n) is 4.45. The average molecular weight is 297 g/mol. The van der Waals surface area contributed by atoms with Gasteiger partial charge in [0.15, 0.2) is 0 Å². The van der Waals surface area contributed by atoms with Gasteiger partial charge in [0, 0.05) is 22.8 Å². The maximum Gasteiger partial charge on any atom is 0.421 e. The van der Waals surface area contributed by atoms with Crippen LogP contribution in [-0.2, 0) is 10.1 Å². The fourth-order valence-electron chi connectivity index (χ4n) is 1.68. The van der Waals surface area contributed by atoms with Crippen molar-refractivity contribution in [3.63, 3.8) is 0 Å². The van der Waals surface area contributed by atoms with Crippen LogP contribution in [0.2, 0.25) is 0 Å². The lowest BCUT2D eigenvalue weighted by Crippen LogP contribution is -2.15. The summed E-state index contributed by atoms with van der Waals surface area (Å²) in [6, 6.07) is 17.9. The van der Waals surface area contributed by atoms with Crippen LogP contribution in [0.3, 0.4) is 0 Å². The minimum Gasteiger partial charge on any atom is -0.265 e. The van der Waals surface area contributed by atoms with Crippen LogP contribution in [-0.4, -0.2) is 24.6 Å². The predicted molar refractivity (Wildman–Crippen MR) is 80.4 cm³/mol. The second kappa shape index (κ2) is 5.36. The molecule has 0 bridgehead atoms. The third kappa shape index (κ3) is 3.37. The molecule has 0 spiro atoms. The van der Waals surface area contributed by atoms with E-state index in [1.54, 1.807) is 30.3 Å². The molecule has 2 aromatic carbocycles. The van der Waals surface area contributed by atoms with E-state index in [0.717, 1.165) is 4.90 Å². The summed E-state index contributed by atoms with van der Waals surface area (Å²) in [7, 11) is -5.33. The van der Waals surface area contributed by atoms with E-state index in [2.05, 4.69) is 3.63 Å². The summed E-state index contributed by atoms with van der Waals surface area (Å²) in [6.07, 6.45) is 3.76. The Bertz CT molecular complexity index is 635. The van der Waals surface area contributed by atoms with Crippen molar-refractivity contribution in [1.29, 1.82) is 0 Å². The number of benzene rings is 2. The Balaban J connectivity index is 2.31. The van der Waals surface area contributed by atoms with Crippen LogP contribution >= 0.6 is 10.3 Å². The molecule has 0 heterocycles. The van der Waals surface area contributed by atoms with Gasteiger partial charge in [-0.3, -0.25) is 3.63 Å². The summed E-state index contributed by atoms with van der Waals surface area (Å²) >= 11 is 0. The van der Waals surface area contributed by atoms with Gasteiger partial charge in [0.2, 0.25) is 0 Å². The predicted octanol–water partition coefficient (Wildman–Crippen LogP) is 3.51. The molecule has 0 aliphatic rings. The van der Waals surface area contributed by atoms with Crippen molar-refractivity contribution in [1.82, 2.24) is 0 Å². The van der Waals surface area contributed by atoms with Gasteiger partial charge >= 0.3 is 10.1 Å². The van der Waals surface area contributed by atoms with Crippen molar-refractivity contribution < 1.29 is 12.0 Å². The Kier molecular flexibility index (Phi) is 3.99. The number of rotatable bonds is 4. The third-order valence-corrected chi connectivity index (χ3v) is 7.21. The first-order valence-corrected chi connectivity index (χ1v) is 9.59. The molecular formula is C14H17O3S2+. The topological polar surface area (TPSA) is 46.9 Å². The molecule has 2 rings (SSSR count). The zero-order chi connectivity index (χ0) is 13.9. The van der Waals surface area contributed by atoms with Crippen LogP contribution in [0.15, 0.2) is 70.5 Å². The molecule has 0 amide bonds. The van der Waals surface area contributed by atoms with Crippen molar-refractivity contribution in [2.24, 2.45) is 0 Å². The van der Waals surface area contributed by atoms with Crippen molar-refractivity contribution in [2.45, 2.75) is 9.79 Å². The van der Waals surface area contributed by atoms with Gasteiger partial charge in [-0.15, -0.1) is 8.42 Å². The van der Waals surface area contributed by atoms with Crippen molar-refractivity contribution >= 4 is 20.4 Å². The summed E-state index contributed by atoms with van der Waals surface area (Å²) < 4.78 is 28.7. The lowest BCUT2D eigenvalue weighted by atomic mass is 10.4. The van der Waals surface area contributed by atoms with Crippen LogP contribution in [0.5, 0.6) is 0 Å². The standard InChI is InChI=1S/C14H16O3S2/c1-18(2,13-9-5-3-6-10-13)17-19(15,16)14-11-7-4-8-12-14/h3-12H,1-2H3/p+1. The Morgan fingerprint density at radius 3 is 1.63 bits per heavy atom. The van der Waals surface area contributed by atoms with Gasteiger partial charge in [-0.05, 0) is 24.3 Å². The summed E-state index contributed by atoms with van der Waals surface area (Å²) in [4.78, 5) is 1.20. The van der Waals surface area contributed by atoms with Gasteiger partial charge in [-0.25, -0.2) is 0 Å². The van der Waals surface area contributed by atoms with E-state index >= 15 is 0 Å². The Morgan fingerprint density at radius 2 is 1.16 bits per heavy atom. The van der Waals surface area contributed by atoms with Crippen LogP contribution < -0.4 is 0 Å². The van der Waals surface area contributed by atoms with E-state index in [-0.39, 0.29) is 4.90 Å². The second-order valence-corrected chi connectivity index (χ2v) is 9.48. The highest BCUT2D eigenvalue weighted by molar-refractivity contribution is 8.31. The summed E-state index contributed by atoms with van der Waals surface area (Å²) in [5, 5.41) is 0. The van der Waals surface area contributed by atoms with Crippen LogP contribution in [0.25, 0.3) is 0 Å². The molecule has 0 aliphatic heterocycles. The monoisotopic (exact) mass is 297 g/mol. The molecule has 0 unspecified atom stereocenters. The maximum atomic E-state index is 12.3. The average Bonchev–Trinajstić information content (AvgIpc) is 2.40. The van der Waals surface area contributed by atoms with Crippen LogP contribution in [0, 0.1) is 0 Å². The molecule has 2 aromatic rings. The highest BCUT2D eigenvalue weighted by atomic mass is 32.3. The summed E-state index contributed by atoms with van der Waals surface area (Å²) in [6.45, 7) is 0. The fourth-order valence-corrected chi connectivity index (χ4v) is 5.65. The highest BCUT2D eigenvalue weighted by Gasteiger charge is 2.31. The maximum absolute atomic E-state index is 12.3. The van der Waals surface area contributed by atoms with Gasteiger partial charge in [0.1, 0.15) is 4.90 Å². The Labute approximate surface area is 115 Å². The molecular weight excluding hydrogens is 280 g/mol.